The Balaban J connectivity index is 1.23. The molecule has 0 saturated carbocycles. The first-order chi connectivity index (χ1) is 25.2. The topological polar surface area (TPSA) is 42.3 Å². The van der Waals surface area contributed by atoms with Gasteiger partial charge in [0.25, 0.3) is 11.8 Å². The van der Waals surface area contributed by atoms with Crippen LogP contribution in [0.25, 0.3) is 60.9 Å². The Morgan fingerprint density at radius 2 is 0.904 bits per heavy atom. The van der Waals surface area contributed by atoms with Crippen LogP contribution >= 0.6 is 0 Å². The summed E-state index contributed by atoms with van der Waals surface area (Å²) in [5.41, 5.74) is 15.6. The third-order valence-corrected chi connectivity index (χ3v) is 10.2. The number of carbonyl (C=O) groups excluding carboxylic acids is 2. The van der Waals surface area contributed by atoms with Gasteiger partial charge in [-0.05, 0) is 110 Å². The summed E-state index contributed by atoms with van der Waals surface area (Å²) in [7, 11) is 0. The minimum absolute atomic E-state index is 0.315. The first-order valence-corrected chi connectivity index (χ1v) is 17.7. The lowest BCUT2D eigenvalue weighted by molar-refractivity contribution is 0.0926. The van der Waals surface area contributed by atoms with Gasteiger partial charge >= 0.3 is 0 Å². The normalized spacial score (nSPS) is 12.7. The molecule has 7 aromatic carbocycles. The van der Waals surface area contributed by atoms with Gasteiger partial charge in [-0.15, -0.1) is 0 Å². The summed E-state index contributed by atoms with van der Waals surface area (Å²) in [6.45, 7) is 8.52. The second-order valence-electron chi connectivity index (χ2n) is 14.1. The third kappa shape index (κ3) is 5.15. The first-order valence-electron chi connectivity index (χ1n) is 17.7. The van der Waals surface area contributed by atoms with E-state index in [0.29, 0.717) is 22.5 Å². The fraction of sp³-hybridized carbons (Fsp3) is 0.0833. The van der Waals surface area contributed by atoms with Gasteiger partial charge in [-0.25, -0.2) is 4.90 Å². The number of imide groups is 1. The molecule has 0 saturated heterocycles. The second kappa shape index (κ2) is 12.1. The minimum atomic E-state index is -0.322. The van der Waals surface area contributed by atoms with Crippen LogP contribution in [-0.4, -0.2) is 16.4 Å². The molecule has 4 nitrogen and oxygen atoms in total. The van der Waals surface area contributed by atoms with E-state index in [9.17, 15) is 9.59 Å². The van der Waals surface area contributed by atoms with E-state index in [1.807, 2.05) is 66.7 Å². The van der Waals surface area contributed by atoms with Gasteiger partial charge < -0.3 is 4.57 Å². The molecule has 0 spiro atoms. The van der Waals surface area contributed by atoms with Crippen LogP contribution in [0.2, 0.25) is 0 Å². The zero-order valence-corrected chi connectivity index (χ0v) is 29.6. The number of hydrogen-bond acceptors (Lipinski definition) is 2. The fourth-order valence-corrected chi connectivity index (χ4v) is 8.05. The van der Waals surface area contributed by atoms with E-state index >= 15 is 0 Å². The molecule has 0 aliphatic carbocycles. The van der Waals surface area contributed by atoms with Crippen molar-refractivity contribution in [2.45, 2.75) is 27.7 Å². The fourth-order valence-electron chi connectivity index (χ4n) is 8.05. The Hall–Kier alpha value is -6.52. The predicted octanol–water partition coefficient (Wildman–Crippen LogP) is 11.8. The van der Waals surface area contributed by atoms with Crippen molar-refractivity contribution in [2.24, 2.45) is 0 Å². The van der Waals surface area contributed by atoms with Gasteiger partial charge in [0.15, 0.2) is 0 Å². The number of benzene rings is 7. The molecular formula is C48H36N2O2. The summed E-state index contributed by atoms with van der Waals surface area (Å²) in [5, 5.41) is 2.17. The van der Waals surface area contributed by atoms with Crippen LogP contribution in [0, 0.1) is 27.7 Å². The van der Waals surface area contributed by atoms with E-state index < -0.39 is 0 Å². The molecule has 0 unspecified atom stereocenters. The number of rotatable bonds is 5. The summed E-state index contributed by atoms with van der Waals surface area (Å²) in [4.78, 5) is 29.8. The molecule has 4 heteroatoms. The summed E-state index contributed by atoms with van der Waals surface area (Å²) >= 11 is 0. The molecule has 8 aromatic rings. The van der Waals surface area contributed by atoms with E-state index in [4.69, 9.17) is 0 Å². The standard InChI is InChI=1S/C48H36N2O2/c1-29-21-30(2)24-37(23-29)35-15-19-43-41(27-35)42-28-36(38-25-31(3)22-32(4)26-38)16-20-44(42)50(43)45-12-8-11-40-46(45)48(52)49(47(40)51)39-17-13-34(14-18-39)33-9-6-5-7-10-33/h5-28H,1-4H3. The summed E-state index contributed by atoms with van der Waals surface area (Å²) in [6, 6.07) is 49.8. The Kier molecular flexibility index (Phi) is 7.30. The maximum Gasteiger partial charge on any atom is 0.268 e. The Bertz CT molecular complexity index is 2600. The SMILES string of the molecule is Cc1cc(C)cc(-c2ccc3c(c2)c2cc(-c4cc(C)cc(C)c4)ccc2n3-c2cccc3c2C(=O)N(c2ccc(-c4ccccc4)cc2)C3=O)c1. The maximum atomic E-state index is 14.4. The molecule has 2 heterocycles. The van der Waals surface area contributed by atoms with Gasteiger partial charge in [-0.3, -0.25) is 9.59 Å². The molecule has 250 valence electrons. The van der Waals surface area contributed by atoms with Crippen LogP contribution in [0.15, 0.2) is 146 Å². The van der Waals surface area contributed by atoms with Crippen molar-refractivity contribution in [2.75, 3.05) is 4.90 Å². The molecule has 52 heavy (non-hydrogen) atoms. The lowest BCUT2D eigenvalue weighted by Crippen LogP contribution is -2.29. The van der Waals surface area contributed by atoms with Crippen LogP contribution in [-0.2, 0) is 0 Å². The summed E-state index contributed by atoms with van der Waals surface area (Å²) < 4.78 is 2.16. The van der Waals surface area contributed by atoms with Crippen LogP contribution in [0.4, 0.5) is 5.69 Å². The van der Waals surface area contributed by atoms with Crippen molar-refractivity contribution in [3.63, 3.8) is 0 Å². The number of aryl methyl sites for hydroxylation is 4. The molecule has 0 fully saturated rings. The third-order valence-electron chi connectivity index (χ3n) is 10.2. The van der Waals surface area contributed by atoms with Gasteiger partial charge in [0, 0.05) is 10.8 Å². The van der Waals surface area contributed by atoms with E-state index in [0.717, 1.165) is 44.1 Å². The summed E-state index contributed by atoms with van der Waals surface area (Å²) in [6.07, 6.45) is 0. The zero-order valence-electron chi connectivity index (χ0n) is 29.6. The molecule has 0 bridgehead atoms. The van der Waals surface area contributed by atoms with E-state index in [1.165, 1.54) is 38.3 Å². The number of fused-ring (bicyclic) bond motifs is 4. The largest absolute Gasteiger partial charge is 0.308 e. The first kappa shape index (κ1) is 31.5. The van der Waals surface area contributed by atoms with E-state index in [-0.39, 0.29) is 11.8 Å². The van der Waals surface area contributed by atoms with Crippen LogP contribution in [0.3, 0.4) is 0 Å². The quantitative estimate of drug-likeness (QED) is 0.171. The maximum absolute atomic E-state index is 14.4. The smallest absolute Gasteiger partial charge is 0.268 e. The van der Waals surface area contributed by atoms with Gasteiger partial charge in [0.05, 0.1) is 33.5 Å². The van der Waals surface area contributed by atoms with Gasteiger partial charge in [-0.1, -0.05) is 119 Å². The number of nitrogens with zero attached hydrogens (tertiary/aromatic N) is 2. The molecule has 0 radical (unpaired) electrons. The number of amides is 2. The second-order valence-corrected chi connectivity index (χ2v) is 14.1. The molecule has 0 N–H and O–H groups in total. The molecule has 2 amide bonds. The van der Waals surface area contributed by atoms with E-state index in [2.05, 4.69) is 105 Å². The van der Waals surface area contributed by atoms with Crippen molar-refractivity contribution in [3.05, 3.63) is 179 Å². The molecular weight excluding hydrogens is 637 g/mol. The number of aromatic nitrogens is 1. The molecule has 9 rings (SSSR count). The highest BCUT2D eigenvalue weighted by Gasteiger charge is 2.39. The van der Waals surface area contributed by atoms with Crippen molar-refractivity contribution >= 4 is 39.3 Å². The van der Waals surface area contributed by atoms with E-state index in [1.54, 1.807) is 6.07 Å². The van der Waals surface area contributed by atoms with Crippen molar-refractivity contribution < 1.29 is 9.59 Å². The van der Waals surface area contributed by atoms with Gasteiger partial charge in [-0.2, -0.15) is 0 Å². The molecule has 1 aromatic heterocycles. The van der Waals surface area contributed by atoms with Crippen molar-refractivity contribution in [1.29, 1.82) is 0 Å². The minimum Gasteiger partial charge on any atom is -0.308 e. The van der Waals surface area contributed by atoms with Crippen molar-refractivity contribution in [3.8, 4) is 39.1 Å². The summed E-state index contributed by atoms with van der Waals surface area (Å²) in [5.74, 6) is -0.638. The van der Waals surface area contributed by atoms with Crippen LogP contribution in [0.1, 0.15) is 43.0 Å². The van der Waals surface area contributed by atoms with Gasteiger partial charge in [0.1, 0.15) is 0 Å². The number of hydrogen-bond donors (Lipinski definition) is 0. The van der Waals surface area contributed by atoms with Crippen LogP contribution < -0.4 is 4.90 Å². The highest BCUT2D eigenvalue weighted by Crippen LogP contribution is 2.41. The van der Waals surface area contributed by atoms with Crippen LogP contribution in [0.5, 0.6) is 0 Å². The van der Waals surface area contributed by atoms with Gasteiger partial charge in [0.2, 0.25) is 0 Å². The average molecular weight is 673 g/mol. The lowest BCUT2D eigenvalue weighted by Gasteiger charge is -2.15. The predicted molar refractivity (Wildman–Crippen MR) is 214 cm³/mol. The zero-order chi connectivity index (χ0) is 35.7. The molecule has 0 atom stereocenters. The molecule has 1 aliphatic heterocycles. The number of anilines is 1. The van der Waals surface area contributed by atoms with Crippen molar-refractivity contribution in [1.82, 2.24) is 4.57 Å². The Morgan fingerprint density at radius 3 is 1.44 bits per heavy atom. The lowest BCUT2D eigenvalue weighted by atomic mass is 9.97. The monoisotopic (exact) mass is 672 g/mol. The number of carbonyl (C=O) groups is 2. The highest BCUT2D eigenvalue weighted by molar-refractivity contribution is 6.35. The Morgan fingerprint density at radius 1 is 0.404 bits per heavy atom. The molecule has 1 aliphatic rings. The Labute approximate surface area is 303 Å². The average Bonchev–Trinajstić information content (AvgIpc) is 3.60. The highest BCUT2D eigenvalue weighted by atomic mass is 16.2.